The number of rotatable bonds is 2. The molecular formula is C9H15NS. The van der Waals surface area contributed by atoms with Crippen LogP contribution in [0.3, 0.4) is 0 Å². The summed E-state index contributed by atoms with van der Waals surface area (Å²) in [4.78, 5) is 0.729. The van der Waals surface area contributed by atoms with E-state index in [0.29, 0.717) is 5.41 Å². The third-order valence-corrected chi connectivity index (χ3v) is 3.58. The molecule has 2 N–H and O–H groups in total. The molecule has 0 heterocycles. The molecule has 0 saturated heterocycles. The highest BCUT2D eigenvalue weighted by Crippen LogP contribution is 2.55. The molecule has 2 aliphatic carbocycles. The summed E-state index contributed by atoms with van der Waals surface area (Å²) in [5, 5.41) is 0. The summed E-state index contributed by atoms with van der Waals surface area (Å²) in [5.74, 6) is 1.02. The fourth-order valence-electron chi connectivity index (χ4n) is 2.93. The van der Waals surface area contributed by atoms with E-state index >= 15 is 0 Å². The molecule has 0 spiro atoms. The maximum Gasteiger partial charge on any atom is 0.0732 e. The first-order chi connectivity index (χ1) is 5.20. The van der Waals surface area contributed by atoms with Crippen molar-refractivity contribution in [2.75, 3.05) is 0 Å². The molecule has 2 bridgehead atoms. The Hall–Kier alpha value is -0.110. The summed E-state index contributed by atoms with van der Waals surface area (Å²) in [6.07, 6.45) is 8.05. The van der Waals surface area contributed by atoms with Crippen molar-refractivity contribution < 1.29 is 0 Å². The standard InChI is InChI=1S/C9H15NS/c10-8(11)6-9-3-1-7(5-9)2-4-9/h7H,1-6H2,(H2,10,11). The lowest BCUT2D eigenvalue weighted by Gasteiger charge is -2.25. The van der Waals surface area contributed by atoms with Crippen LogP contribution < -0.4 is 5.73 Å². The molecule has 11 heavy (non-hydrogen) atoms. The number of thiocarbonyl (C=S) groups is 1. The largest absolute Gasteiger partial charge is 0.393 e. The lowest BCUT2D eigenvalue weighted by Crippen LogP contribution is -2.22. The zero-order valence-electron chi connectivity index (χ0n) is 6.81. The first-order valence-corrected chi connectivity index (χ1v) is 4.89. The van der Waals surface area contributed by atoms with Crippen LogP contribution in [0.2, 0.25) is 0 Å². The van der Waals surface area contributed by atoms with Gasteiger partial charge in [0.15, 0.2) is 0 Å². The highest BCUT2D eigenvalue weighted by Gasteiger charge is 2.44. The normalized spacial score (nSPS) is 41.3. The molecular weight excluding hydrogens is 154 g/mol. The average molecular weight is 169 g/mol. The number of fused-ring (bicyclic) bond motifs is 2. The van der Waals surface area contributed by atoms with E-state index < -0.39 is 0 Å². The Morgan fingerprint density at radius 3 is 2.45 bits per heavy atom. The van der Waals surface area contributed by atoms with Crippen molar-refractivity contribution in [3.05, 3.63) is 0 Å². The van der Waals surface area contributed by atoms with Gasteiger partial charge < -0.3 is 5.73 Å². The van der Waals surface area contributed by atoms with E-state index in [9.17, 15) is 0 Å². The van der Waals surface area contributed by atoms with Crippen LogP contribution in [0.5, 0.6) is 0 Å². The summed E-state index contributed by atoms with van der Waals surface area (Å²) in [7, 11) is 0. The predicted molar refractivity (Wildman–Crippen MR) is 50.4 cm³/mol. The van der Waals surface area contributed by atoms with Crippen molar-refractivity contribution in [3.8, 4) is 0 Å². The third kappa shape index (κ3) is 1.28. The summed E-state index contributed by atoms with van der Waals surface area (Å²) >= 11 is 4.97. The minimum atomic E-state index is 0.566. The first-order valence-electron chi connectivity index (χ1n) is 4.49. The minimum Gasteiger partial charge on any atom is -0.393 e. The Morgan fingerprint density at radius 2 is 2.09 bits per heavy atom. The predicted octanol–water partition coefficient (Wildman–Crippen LogP) is 2.24. The second-order valence-electron chi connectivity index (χ2n) is 4.29. The molecule has 2 fully saturated rings. The van der Waals surface area contributed by atoms with Gasteiger partial charge in [-0.2, -0.15) is 0 Å². The molecule has 2 heteroatoms. The fraction of sp³-hybridized carbons (Fsp3) is 0.889. The fourth-order valence-corrected chi connectivity index (χ4v) is 3.24. The van der Waals surface area contributed by atoms with Crippen molar-refractivity contribution >= 4 is 17.2 Å². The van der Waals surface area contributed by atoms with Crippen molar-refractivity contribution in [2.24, 2.45) is 17.1 Å². The van der Waals surface area contributed by atoms with Gasteiger partial charge in [-0.3, -0.25) is 0 Å². The Labute approximate surface area is 73.3 Å². The Kier molecular flexibility index (Phi) is 1.67. The van der Waals surface area contributed by atoms with Gasteiger partial charge in [0, 0.05) is 6.42 Å². The van der Waals surface area contributed by atoms with Crippen LogP contribution in [0.4, 0.5) is 0 Å². The molecule has 1 nitrogen and oxygen atoms in total. The minimum absolute atomic E-state index is 0.566. The monoisotopic (exact) mass is 169 g/mol. The summed E-state index contributed by atoms with van der Waals surface area (Å²) < 4.78 is 0. The molecule has 0 aromatic heterocycles. The van der Waals surface area contributed by atoms with Gasteiger partial charge in [-0.1, -0.05) is 12.2 Å². The van der Waals surface area contributed by atoms with E-state index in [0.717, 1.165) is 17.3 Å². The van der Waals surface area contributed by atoms with Gasteiger partial charge in [0.2, 0.25) is 0 Å². The summed E-state index contributed by atoms with van der Waals surface area (Å²) in [6, 6.07) is 0. The SMILES string of the molecule is NC(=S)CC12CCC(CC1)C2. The number of nitrogens with two attached hydrogens (primary N) is 1. The van der Waals surface area contributed by atoms with Gasteiger partial charge in [0.05, 0.1) is 4.99 Å². The van der Waals surface area contributed by atoms with Crippen molar-refractivity contribution in [2.45, 2.75) is 38.5 Å². The zero-order valence-corrected chi connectivity index (χ0v) is 7.62. The maximum atomic E-state index is 5.58. The topological polar surface area (TPSA) is 26.0 Å². The Bertz CT molecular complexity index is 180. The van der Waals surface area contributed by atoms with Crippen molar-refractivity contribution in [3.63, 3.8) is 0 Å². The average Bonchev–Trinajstić information content (AvgIpc) is 2.43. The van der Waals surface area contributed by atoms with Crippen LogP contribution in [-0.2, 0) is 0 Å². The van der Waals surface area contributed by atoms with Gasteiger partial charge in [-0.25, -0.2) is 0 Å². The van der Waals surface area contributed by atoms with Crippen molar-refractivity contribution in [1.29, 1.82) is 0 Å². The Balaban J connectivity index is 2.05. The number of hydrogen-bond donors (Lipinski definition) is 1. The van der Waals surface area contributed by atoms with Crippen molar-refractivity contribution in [1.82, 2.24) is 0 Å². The lowest BCUT2D eigenvalue weighted by molar-refractivity contribution is 0.309. The molecule has 2 rings (SSSR count). The van der Waals surface area contributed by atoms with Gasteiger partial charge in [-0.15, -0.1) is 0 Å². The van der Waals surface area contributed by atoms with Crippen LogP contribution in [0.1, 0.15) is 38.5 Å². The highest BCUT2D eigenvalue weighted by atomic mass is 32.1. The quantitative estimate of drug-likeness (QED) is 0.642. The first kappa shape index (κ1) is 7.53. The van der Waals surface area contributed by atoms with Gasteiger partial charge in [0.1, 0.15) is 0 Å². The van der Waals surface area contributed by atoms with Crippen LogP contribution in [-0.4, -0.2) is 4.99 Å². The van der Waals surface area contributed by atoms with E-state index in [-0.39, 0.29) is 0 Å². The van der Waals surface area contributed by atoms with E-state index in [1.165, 1.54) is 32.1 Å². The summed E-state index contributed by atoms with van der Waals surface area (Å²) in [6.45, 7) is 0. The van der Waals surface area contributed by atoms with Crippen LogP contribution in [0, 0.1) is 11.3 Å². The van der Waals surface area contributed by atoms with E-state index in [1.54, 1.807) is 0 Å². The smallest absolute Gasteiger partial charge is 0.0732 e. The molecule has 0 amide bonds. The molecule has 0 aromatic carbocycles. The van der Waals surface area contributed by atoms with Gasteiger partial charge in [0.25, 0.3) is 0 Å². The molecule has 62 valence electrons. The van der Waals surface area contributed by atoms with E-state index in [1.807, 2.05) is 0 Å². The molecule has 0 unspecified atom stereocenters. The zero-order chi connectivity index (χ0) is 7.90. The van der Waals surface area contributed by atoms with E-state index in [4.69, 9.17) is 18.0 Å². The van der Waals surface area contributed by atoms with Gasteiger partial charge in [-0.05, 0) is 43.4 Å². The molecule has 2 aliphatic rings. The molecule has 0 aliphatic heterocycles. The molecule has 0 aromatic rings. The molecule has 0 radical (unpaired) electrons. The van der Waals surface area contributed by atoms with Gasteiger partial charge >= 0.3 is 0 Å². The third-order valence-electron chi connectivity index (χ3n) is 3.44. The van der Waals surface area contributed by atoms with Crippen LogP contribution >= 0.6 is 12.2 Å². The molecule has 0 atom stereocenters. The molecule has 2 saturated carbocycles. The second kappa shape index (κ2) is 2.44. The maximum absolute atomic E-state index is 5.58. The van der Waals surface area contributed by atoms with Crippen LogP contribution in [0.15, 0.2) is 0 Å². The lowest BCUT2D eigenvalue weighted by atomic mass is 9.81. The number of hydrogen-bond acceptors (Lipinski definition) is 1. The second-order valence-corrected chi connectivity index (χ2v) is 4.81. The van der Waals surface area contributed by atoms with E-state index in [2.05, 4.69) is 0 Å². The highest BCUT2D eigenvalue weighted by molar-refractivity contribution is 7.80. The summed E-state index contributed by atoms with van der Waals surface area (Å²) in [5.41, 5.74) is 6.15. The Morgan fingerprint density at radius 1 is 1.45 bits per heavy atom. The van der Waals surface area contributed by atoms with Crippen LogP contribution in [0.25, 0.3) is 0 Å².